The zero-order valence-corrected chi connectivity index (χ0v) is 12.3. The van der Waals surface area contributed by atoms with Gasteiger partial charge in [0.05, 0.1) is 0 Å². The minimum atomic E-state index is 0.221. The van der Waals surface area contributed by atoms with Gasteiger partial charge in [-0.25, -0.2) is 0 Å². The number of likely N-dealkylation sites (tertiary alicyclic amines) is 1. The first-order valence-corrected chi connectivity index (χ1v) is 7.99. The molecule has 4 nitrogen and oxygen atoms in total. The van der Waals surface area contributed by atoms with Crippen molar-refractivity contribution < 1.29 is 4.79 Å². The second kappa shape index (κ2) is 7.85. The number of carbonyl (C=O) groups excluding carboxylic acids is 1. The van der Waals surface area contributed by atoms with Crippen LogP contribution in [-0.2, 0) is 4.79 Å². The Bertz CT molecular complexity index is 271. The first kappa shape index (κ1) is 14.8. The highest BCUT2D eigenvalue weighted by molar-refractivity contribution is 5.76. The average Bonchev–Trinajstić information content (AvgIpc) is 2.90. The van der Waals surface area contributed by atoms with Gasteiger partial charge in [0.15, 0.2) is 0 Å². The first-order chi connectivity index (χ1) is 9.24. The van der Waals surface area contributed by atoms with Crippen LogP contribution >= 0.6 is 0 Å². The van der Waals surface area contributed by atoms with Crippen LogP contribution in [0, 0.1) is 0 Å². The van der Waals surface area contributed by atoms with E-state index in [0.29, 0.717) is 12.5 Å². The minimum absolute atomic E-state index is 0.221. The molecule has 2 aliphatic heterocycles. The monoisotopic (exact) mass is 267 g/mol. The fourth-order valence-corrected chi connectivity index (χ4v) is 3.22. The maximum Gasteiger partial charge on any atom is 0.220 e. The Labute approximate surface area is 117 Å². The van der Waals surface area contributed by atoms with Crippen LogP contribution in [0.15, 0.2) is 0 Å². The van der Waals surface area contributed by atoms with Crippen molar-refractivity contribution in [3.05, 3.63) is 0 Å². The summed E-state index contributed by atoms with van der Waals surface area (Å²) in [5.41, 5.74) is 0. The molecule has 0 aromatic heterocycles. The maximum absolute atomic E-state index is 11.9. The summed E-state index contributed by atoms with van der Waals surface area (Å²) in [6, 6.07) is 0.846. The van der Waals surface area contributed by atoms with Crippen LogP contribution in [-0.4, -0.2) is 49.1 Å². The topological polar surface area (TPSA) is 44.4 Å². The summed E-state index contributed by atoms with van der Waals surface area (Å²) in [4.78, 5) is 14.4. The van der Waals surface area contributed by atoms with E-state index in [-0.39, 0.29) is 11.9 Å². The van der Waals surface area contributed by atoms with Crippen molar-refractivity contribution in [2.75, 3.05) is 26.2 Å². The SMILES string of the molecule is CC(CN1CCCC1)NC(=O)CCC1CCCCN1. The number of amides is 1. The van der Waals surface area contributed by atoms with E-state index in [2.05, 4.69) is 22.5 Å². The molecule has 2 unspecified atom stereocenters. The Kier molecular flexibility index (Phi) is 6.11. The van der Waals surface area contributed by atoms with E-state index >= 15 is 0 Å². The summed E-state index contributed by atoms with van der Waals surface area (Å²) in [5.74, 6) is 0.221. The van der Waals surface area contributed by atoms with Crippen LogP contribution in [0.3, 0.4) is 0 Å². The van der Waals surface area contributed by atoms with Gasteiger partial charge in [-0.1, -0.05) is 6.42 Å². The van der Waals surface area contributed by atoms with E-state index in [1.807, 2.05) is 0 Å². The molecule has 0 saturated carbocycles. The van der Waals surface area contributed by atoms with Crippen molar-refractivity contribution in [3.8, 4) is 0 Å². The molecule has 4 heteroatoms. The van der Waals surface area contributed by atoms with E-state index in [0.717, 1.165) is 19.5 Å². The number of nitrogens with zero attached hydrogens (tertiary/aromatic N) is 1. The van der Waals surface area contributed by atoms with E-state index in [1.165, 1.54) is 45.2 Å². The number of hydrogen-bond acceptors (Lipinski definition) is 3. The molecule has 2 aliphatic rings. The van der Waals surface area contributed by atoms with E-state index < -0.39 is 0 Å². The highest BCUT2D eigenvalue weighted by Gasteiger charge is 2.17. The molecule has 0 bridgehead atoms. The van der Waals surface area contributed by atoms with Crippen molar-refractivity contribution in [1.82, 2.24) is 15.5 Å². The summed E-state index contributed by atoms with van der Waals surface area (Å²) in [6.45, 7) is 6.65. The summed E-state index contributed by atoms with van der Waals surface area (Å²) >= 11 is 0. The predicted octanol–water partition coefficient (Wildman–Crippen LogP) is 1.51. The van der Waals surface area contributed by atoms with E-state index in [9.17, 15) is 4.79 Å². The normalized spacial score (nSPS) is 26.3. The van der Waals surface area contributed by atoms with Gasteiger partial charge in [0.25, 0.3) is 0 Å². The third-order valence-electron chi connectivity index (χ3n) is 4.27. The number of rotatable bonds is 6. The molecule has 2 heterocycles. The van der Waals surface area contributed by atoms with Crippen LogP contribution < -0.4 is 10.6 Å². The molecule has 19 heavy (non-hydrogen) atoms. The zero-order chi connectivity index (χ0) is 13.5. The number of carbonyl (C=O) groups is 1. The molecule has 2 N–H and O–H groups in total. The smallest absolute Gasteiger partial charge is 0.220 e. The van der Waals surface area contributed by atoms with Crippen molar-refractivity contribution in [2.24, 2.45) is 0 Å². The number of hydrogen-bond donors (Lipinski definition) is 2. The molecule has 0 aromatic rings. The molecule has 2 rings (SSSR count). The van der Waals surface area contributed by atoms with Gasteiger partial charge in [-0.2, -0.15) is 0 Å². The van der Waals surface area contributed by atoms with Crippen molar-refractivity contribution in [2.45, 2.75) is 64.0 Å². The lowest BCUT2D eigenvalue weighted by molar-refractivity contribution is -0.122. The van der Waals surface area contributed by atoms with Crippen LogP contribution in [0.2, 0.25) is 0 Å². The highest BCUT2D eigenvalue weighted by Crippen LogP contribution is 2.12. The molecule has 110 valence electrons. The van der Waals surface area contributed by atoms with Gasteiger partial charge >= 0.3 is 0 Å². The molecule has 2 saturated heterocycles. The molecule has 2 atom stereocenters. The average molecular weight is 267 g/mol. The Morgan fingerprint density at radius 1 is 1.32 bits per heavy atom. The Balaban J connectivity index is 1.57. The molecule has 0 spiro atoms. The van der Waals surface area contributed by atoms with Gasteiger partial charge in [0.2, 0.25) is 5.91 Å². The zero-order valence-electron chi connectivity index (χ0n) is 12.3. The largest absolute Gasteiger partial charge is 0.352 e. The van der Waals surface area contributed by atoms with Crippen LogP contribution in [0.25, 0.3) is 0 Å². The Hall–Kier alpha value is -0.610. The van der Waals surface area contributed by atoms with Gasteiger partial charge in [-0.15, -0.1) is 0 Å². The summed E-state index contributed by atoms with van der Waals surface area (Å²) in [6.07, 6.45) is 8.11. The van der Waals surface area contributed by atoms with Gasteiger partial charge in [-0.3, -0.25) is 4.79 Å². The second-order valence-corrected chi connectivity index (χ2v) is 6.16. The third-order valence-corrected chi connectivity index (χ3v) is 4.27. The van der Waals surface area contributed by atoms with E-state index in [1.54, 1.807) is 0 Å². The van der Waals surface area contributed by atoms with Gasteiger partial charge < -0.3 is 15.5 Å². The predicted molar refractivity (Wildman–Crippen MR) is 78.2 cm³/mol. The molecule has 0 aliphatic carbocycles. The standard InChI is InChI=1S/C15H29N3O/c1-13(12-18-10-4-5-11-18)17-15(19)8-7-14-6-2-3-9-16-14/h13-14,16H,2-12H2,1H3,(H,17,19). The first-order valence-electron chi connectivity index (χ1n) is 7.99. The Morgan fingerprint density at radius 3 is 2.79 bits per heavy atom. The van der Waals surface area contributed by atoms with Gasteiger partial charge in [0.1, 0.15) is 0 Å². The van der Waals surface area contributed by atoms with Crippen LogP contribution in [0.1, 0.15) is 51.9 Å². The molecule has 0 radical (unpaired) electrons. The lowest BCUT2D eigenvalue weighted by atomic mass is 10.0. The second-order valence-electron chi connectivity index (χ2n) is 6.16. The molecule has 0 aromatic carbocycles. The highest BCUT2D eigenvalue weighted by atomic mass is 16.1. The third kappa shape index (κ3) is 5.49. The molecular formula is C15H29N3O. The number of nitrogens with one attached hydrogen (secondary N) is 2. The van der Waals surface area contributed by atoms with Crippen LogP contribution in [0.5, 0.6) is 0 Å². The lowest BCUT2D eigenvalue weighted by Crippen LogP contribution is -2.42. The molecule has 2 fully saturated rings. The van der Waals surface area contributed by atoms with Crippen molar-refractivity contribution in [1.29, 1.82) is 0 Å². The molecule has 1 amide bonds. The minimum Gasteiger partial charge on any atom is -0.352 e. The van der Waals surface area contributed by atoms with E-state index in [4.69, 9.17) is 0 Å². The summed E-state index contributed by atoms with van der Waals surface area (Å²) in [7, 11) is 0. The van der Waals surface area contributed by atoms with Gasteiger partial charge in [-0.05, 0) is 58.7 Å². The fraction of sp³-hybridized carbons (Fsp3) is 0.933. The summed E-state index contributed by atoms with van der Waals surface area (Å²) < 4.78 is 0. The van der Waals surface area contributed by atoms with Crippen molar-refractivity contribution >= 4 is 5.91 Å². The number of piperidine rings is 1. The quantitative estimate of drug-likeness (QED) is 0.767. The van der Waals surface area contributed by atoms with Crippen molar-refractivity contribution in [3.63, 3.8) is 0 Å². The lowest BCUT2D eigenvalue weighted by Gasteiger charge is -2.24. The van der Waals surface area contributed by atoms with Crippen LogP contribution in [0.4, 0.5) is 0 Å². The molecular weight excluding hydrogens is 238 g/mol. The maximum atomic E-state index is 11.9. The summed E-state index contributed by atoms with van der Waals surface area (Å²) in [5, 5.41) is 6.64. The fourth-order valence-electron chi connectivity index (χ4n) is 3.22. The Morgan fingerprint density at radius 2 is 2.11 bits per heavy atom. The van der Waals surface area contributed by atoms with Gasteiger partial charge in [0, 0.05) is 25.0 Å².